The van der Waals surface area contributed by atoms with Crippen molar-refractivity contribution in [1.82, 2.24) is 0 Å². The second-order valence-corrected chi connectivity index (χ2v) is 18.5. The van der Waals surface area contributed by atoms with E-state index in [4.69, 9.17) is 18.5 Å². The van der Waals surface area contributed by atoms with Crippen molar-refractivity contribution in [3.63, 3.8) is 0 Å². The zero-order chi connectivity index (χ0) is 47.6. The highest BCUT2D eigenvalue weighted by Crippen LogP contribution is 2.38. The third-order valence-corrected chi connectivity index (χ3v) is 10.7. The second-order valence-electron chi connectivity index (χ2n) is 17.1. The van der Waals surface area contributed by atoms with Crippen LogP contribution in [0.25, 0.3) is 0 Å². The fourth-order valence-corrected chi connectivity index (χ4v) is 6.66. The van der Waals surface area contributed by atoms with Crippen molar-refractivity contribution in [1.29, 1.82) is 0 Å². The summed E-state index contributed by atoms with van der Waals surface area (Å²) < 4.78 is 34.6. The molecule has 0 N–H and O–H groups in total. The van der Waals surface area contributed by atoms with Crippen LogP contribution in [0, 0.1) is 0 Å². The molecule has 0 aliphatic carbocycles. The Bertz CT molecular complexity index is 1490. The summed E-state index contributed by atoms with van der Waals surface area (Å²) >= 11 is 0. The number of phosphoric ester groups is 1. The number of likely N-dealkylation sites (N-methyl/N-ethyl adjacent to an activating group) is 1. The van der Waals surface area contributed by atoms with Gasteiger partial charge in [-0.15, -0.1) is 0 Å². The maximum atomic E-state index is 12.7. The molecule has 0 radical (unpaired) electrons. The van der Waals surface area contributed by atoms with Gasteiger partial charge in [-0.1, -0.05) is 173 Å². The Morgan fingerprint density at radius 3 is 1.26 bits per heavy atom. The average Bonchev–Trinajstić information content (AvgIpc) is 3.27. The third kappa shape index (κ3) is 51.5. The van der Waals surface area contributed by atoms with Gasteiger partial charge in [-0.2, -0.15) is 0 Å². The van der Waals surface area contributed by atoms with Crippen molar-refractivity contribution in [2.45, 2.75) is 161 Å². The van der Waals surface area contributed by atoms with Crippen LogP contribution in [0.5, 0.6) is 0 Å². The summed E-state index contributed by atoms with van der Waals surface area (Å²) in [7, 11) is 1.29. The van der Waals surface area contributed by atoms with Crippen molar-refractivity contribution in [2.75, 3.05) is 54.1 Å². The average molecular weight is 922 g/mol. The van der Waals surface area contributed by atoms with E-state index in [0.29, 0.717) is 17.6 Å². The fraction of sp³-hybridized carbons (Fsp3) is 0.589. The SMILES string of the molecule is CC/C=C\C/C=C\C/C=C\C/C=C\C/C=C\C/C=C\C/C=C\CCCCOCC(COP(=O)([O-])OCC[N+](C)(C)C)OC(=O)CCCCCCCC/C=C\C/C=C\C/C=C\C/C=C\CC. The van der Waals surface area contributed by atoms with Gasteiger partial charge in [-0.3, -0.25) is 9.36 Å². The molecule has 0 heterocycles. The van der Waals surface area contributed by atoms with Gasteiger partial charge in [-0.05, 0) is 109 Å². The number of carbonyl (C=O) groups is 1. The number of phosphoric acid groups is 1. The molecule has 0 saturated heterocycles. The molecule has 65 heavy (non-hydrogen) atoms. The first kappa shape index (κ1) is 61.6. The van der Waals surface area contributed by atoms with Gasteiger partial charge in [0.1, 0.15) is 19.3 Å². The van der Waals surface area contributed by atoms with E-state index >= 15 is 0 Å². The molecule has 0 amide bonds. The Kier molecular flexibility index (Phi) is 44.7. The number of quaternary nitrogens is 1. The second kappa shape index (κ2) is 47.1. The lowest BCUT2D eigenvalue weighted by Gasteiger charge is -2.28. The number of nitrogens with zero attached hydrogens (tertiary/aromatic N) is 1. The van der Waals surface area contributed by atoms with Crippen LogP contribution in [-0.2, 0) is 27.9 Å². The molecule has 0 aromatic heterocycles. The minimum Gasteiger partial charge on any atom is -0.756 e. The van der Waals surface area contributed by atoms with Gasteiger partial charge < -0.3 is 27.9 Å². The summed E-state index contributed by atoms with van der Waals surface area (Å²) in [6.07, 6.45) is 69.1. The standard InChI is InChI=1S/C56H92NO7P/c1-6-8-10-12-14-16-18-20-22-24-26-27-28-29-30-32-34-36-38-40-42-44-46-48-51-61-53-55(54-63-65(59,60)62-52-50-57(3,4)5)64-56(58)49-47-45-43-41-39-37-35-33-31-25-23-21-19-17-15-13-11-9-7-2/h8-11,14-17,20-23,26-27,29-31,33-34,36,40,42,55H,6-7,12-13,18-19,24-25,28,32,35,37-39,41,43-54H2,1-5H3/b10-8-,11-9-,16-14-,17-15-,22-20-,23-21-,27-26-,30-29-,33-31-,36-34-,42-40-. The maximum absolute atomic E-state index is 12.7. The number of ether oxygens (including phenoxy) is 2. The van der Waals surface area contributed by atoms with E-state index < -0.39 is 13.9 Å². The summed E-state index contributed by atoms with van der Waals surface area (Å²) in [6, 6.07) is 0. The van der Waals surface area contributed by atoms with Gasteiger partial charge in [-0.25, -0.2) is 0 Å². The minimum absolute atomic E-state index is 0.00546. The van der Waals surface area contributed by atoms with Crippen molar-refractivity contribution in [3.8, 4) is 0 Å². The molecule has 0 saturated carbocycles. The summed E-state index contributed by atoms with van der Waals surface area (Å²) in [4.78, 5) is 25.2. The highest BCUT2D eigenvalue weighted by atomic mass is 31.2. The highest BCUT2D eigenvalue weighted by molar-refractivity contribution is 7.45. The maximum Gasteiger partial charge on any atom is 0.306 e. The Morgan fingerprint density at radius 1 is 0.477 bits per heavy atom. The van der Waals surface area contributed by atoms with Gasteiger partial charge in [0.2, 0.25) is 0 Å². The molecule has 0 aliphatic rings. The van der Waals surface area contributed by atoms with Gasteiger partial charge in [0.15, 0.2) is 0 Å². The van der Waals surface area contributed by atoms with E-state index in [9.17, 15) is 14.3 Å². The highest BCUT2D eigenvalue weighted by Gasteiger charge is 2.20. The Labute approximate surface area is 398 Å². The molecule has 368 valence electrons. The van der Waals surface area contributed by atoms with Crippen LogP contribution in [-0.4, -0.2) is 70.7 Å². The predicted molar refractivity (Wildman–Crippen MR) is 277 cm³/mol. The van der Waals surface area contributed by atoms with Crippen LogP contribution >= 0.6 is 7.82 Å². The number of hydrogen-bond donors (Lipinski definition) is 0. The molecule has 2 unspecified atom stereocenters. The molecular weight excluding hydrogens is 830 g/mol. The zero-order valence-electron chi connectivity index (χ0n) is 41.6. The van der Waals surface area contributed by atoms with Crippen LogP contribution in [0.4, 0.5) is 0 Å². The van der Waals surface area contributed by atoms with Crippen LogP contribution < -0.4 is 4.89 Å². The molecule has 0 aliphatic heterocycles. The first-order chi connectivity index (χ1) is 31.6. The summed E-state index contributed by atoms with van der Waals surface area (Å²) in [5.41, 5.74) is 0. The largest absolute Gasteiger partial charge is 0.756 e. The molecule has 0 aromatic rings. The predicted octanol–water partition coefficient (Wildman–Crippen LogP) is 14.9. The monoisotopic (exact) mass is 922 g/mol. The number of esters is 1. The minimum atomic E-state index is -4.56. The molecule has 9 heteroatoms. The smallest absolute Gasteiger partial charge is 0.306 e. The first-order valence-electron chi connectivity index (χ1n) is 24.9. The molecule has 0 fully saturated rings. The van der Waals surface area contributed by atoms with E-state index in [2.05, 4.69) is 148 Å². The van der Waals surface area contributed by atoms with Crippen LogP contribution in [0.2, 0.25) is 0 Å². The molecule has 8 nitrogen and oxygen atoms in total. The van der Waals surface area contributed by atoms with Crippen molar-refractivity contribution >= 4 is 13.8 Å². The quantitative estimate of drug-likeness (QED) is 0.0197. The summed E-state index contributed by atoms with van der Waals surface area (Å²) in [6.45, 7) is 5.01. The topological polar surface area (TPSA) is 94.1 Å². The van der Waals surface area contributed by atoms with Crippen molar-refractivity contribution in [2.24, 2.45) is 0 Å². The molecule has 0 spiro atoms. The van der Waals surface area contributed by atoms with Crippen LogP contribution in [0.1, 0.15) is 155 Å². The number of hydrogen-bond acceptors (Lipinski definition) is 7. The fourth-order valence-electron chi connectivity index (χ4n) is 5.93. The van der Waals surface area contributed by atoms with Crippen LogP contribution in [0.15, 0.2) is 134 Å². The van der Waals surface area contributed by atoms with E-state index in [1.807, 2.05) is 21.1 Å². The van der Waals surface area contributed by atoms with E-state index in [-0.39, 0.29) is 32.2 Å². The lowest BCUT2D eigenvalue weighted by Crippen LogP contribution is -2.37. The molecular formula is C56H92NO7P. The molecule has 0 aromatic carbocycles. The summed E-state index contributed by atoms with van der Waals surface area (Å²) in [5.74, 6) is -0.370. The summed E-state index contributed by atoms with van der Waals surface area (Å²) in [5, 5.41) is 0. The Hall–Kier alpha value is -3.36. The van der Waals surface area contributed by atoms with E-state index in [1.165, 1.54) is 12.8 Å². The first-order valence-corrected chi connectivity index (χ1v) is 26.4. The molecule has 0 rings (SSSR count). The Morgan fingerprint density at radius 2 is 0.846 bits per heavy atom. The number of unbranched alkanes of at least 4 members (excludes halogenated alkanes) is 8. The van der Waals surface area contributed by atoms with E-state index in [1.54, 1.807) is 0 Å². The third-order valence-electron chi connectivity index (χ3n) is 9.70. The molecule has 2 atom stereocenters. The van der Waals surface area contributed by atoms with E-state index in [0.717, 1.165) is 122 Å². The lowest BCUT2D eigenvalue weighted by atomic mass is 10.1. The molecule has 0 bridgehead atoms. The zero-order valence-corrected chi connectivity index (χ0v) is 42.5. The van der Waals surface area contributed by atoms with Gasteiger partial charge in [0.25, 0.3) is 7.82 Å². The van der Waals surface area contributed by atoms with Gasteiger partial charge in [0, 0.05) is 13.0 Å². The number of rotatable bonds is 44. The van der Waals surface area contributed by atoms with Crippen LogP contribution in [0.3, 0.4) is 0 Å². The van der Waals surface area contributed by atoms with Crippen molar-refractivity contribution in [3.05, 3.63) is 134 Å². The normalized spacial score (nSPS) is 14.7. The number of allylic oxidation sites excluding steroid dienone is 22. The van der Waals surface area contributed by atoms with Crippen molar-refractivity contribution < 1.29 is 37.3 Å². The lowest BCUT2D eigenvalue weighted by molar-refractivity contribution is -0.870. The Balaban J connectivity index is 4.33. The number of carbonyl (C=O) groups excluding carboxylic acids is 1. The van der Waals surface area contributed by atoms with Gasteiger partial charge >= 0.3 is 5.97 Å². The van der Waals surface area contributed by atoms with Gasteiger partial charge in [0.05, 0.1) is 34.4 Å².